The number of hydrogen-bond donors (Lipinski definition) is 0. The van der Waals surface area contributed by atoms with Gasteiger partial charge in [-0.05, 0) is 30.5 Å². The van der Waals surface area contributed by atoms with Crippen molar-refractivity contribution in [2.75, 3.05) is 44.4 Å². The molecule has 1 fully saturated rings. The third kappa shape index (κ3) is 3.48. The van der Waals surface area contributed by atoms with E-state index < -0.39 is 0 Å². The van der Waals surface area contributed by atoms with Crippen molar-refractivity contribution < 1.29 is 9.53 Å². The third-order valence-corrected chi connectivity index (χ3v) is 4.89. The van der Waals surface area contributed by atoms with Crippen molar-refractivity contribution in [3.63, 3.8) is 0 Å². The van der Waals surface area contributed by atoms with E-state index in [1.807, 2.05) is 41.5 Å². The Kier molecular flexibility index (Phi) is 5.25. The molecule has 5 nitrogen and oxygen atoms in total. The fourth-order valence-electron chi connectivity index (χ4n) is 2.86. The van der Waals surface area contributed by atoms with Gasteiger partial charge in [0, 0.05) is 44.1 Å². The number of thioether (sulfide) groups is 1. The molecule has 1 amide bonds. The van der Waals surface area contributed by atoms with Crippen molar-refractivity contribution in [1.29, 1.82) is 0 Å². The molecule has 0 unspecified atom stereocenters. The minimum Gasteiger partial charge on any atom is -0.497 e. The summed E-state index contributed by atoms with van der Waals surface area (Å²) in [6, 6.07) is 11.7. The van der Waals surface area contributed by atoms with Crippen LogP contribution in [-0.2, 0) is 0 Å². The van der Waals surface area contributed by atoms with Gasteiger partial charge in [-0.2, -0.15) is 0 Å². The van der Waals surface area contributed by atoms with Gasteiger partial charge in [-0.1, -0.05) is 6.07 Å². The van der Waals surface area contributed by atoms with Crippen LogP contribution in [0.3, 0.4) is 0 Å². The molecule has 0 bridgehead atoms. The number of rotatable bonds is 4. The molecule has 6 heteroatoms. The maximum Gasteiger partial charge on any atom is 0.256 e. The summed E-state index contributed by atoms with van der Waals surface area (Å²) in [5.41, 5.74) is 1.83. The Morgan fingerprint density at radius 1 is 1.17 bits per heavy atom. The SMILES string of the molecule is COc1cccc(N2CCN(C(=O)c3cccnc3SC)CC2)c1. The highest BCUT2D eigenvalue weighted by molar-refractivity contribution is 7.98. The largest absolute Gasteiger partial charge is 0.497 e. The van der Waals surface area contributed by atoms with E-state index in [4.69, 9.17) is 4.74 Å². The Labute approximate surface area is 146 Å². The van der Waals surface area contributed by atoms with Crippen LogP contribution in [0.4, 0.5) is 5.69 Å². The predicted octanol–water partition coefficient (Wildman–Crippen LogP) is 2.77. The number of ether oxygens (including phenoxy) is 1. The van der Waals surface area contributed by atoms with E-state index in [2.05, 4.69) is 16.0 Å². The number of carbonyl (C=O) groups excluding carboxylic acids is 1. The van der Waals surface area contributed by atoms with Crippen LogP contribution < -0.4 is 9.64 Å². The second kappa shape index (κ2) is 7.57. The molecular formula is C18H21N3O2S. The first-order chi connectivity index (χ1) is 11.7. The van der Waals surface area contributed by atoms with Crippen LogP contribution in [0.2, 0.25) is 0 Å². The zero-order valence-corrected chi connectivity index (χ0v) is 14.8. The molecule has 1 aliphatic rings. The van der Waals surface area contributed by atoms with Crippen molar-refractivity contribution in [2.24, 2.45) is 0 Å². The Balaban J connectivity index is 1.67. The summed E-state index contributed by atoms with van der Waals surface area (Å²) in [5, 5.41) is 0.790. The lowest BCUT2D eigenvalue weighted by Crippen LogP contribution is -2.48. The maximum atomic E-state index is 12.8. The van der Waals surface area contributed by atoms with Gasteiger partial charge in [-0.25, -0.2) is 4.98 Å². The lowest BCUT2D eigenvalue weighted by Gasteiger charge is -2.36. The van der Waals surface area contributed by atoms with Gasteiger partial charge >= 0.3 is 0 Å². The summed E-state index contributed by atoms with van der Waals surface area (Å²) < 4.78 is 5.29. The molecule has 24 heavy (non-hydrogen) atoms. The second-order valence-corrected chi connectivity index (χ2v) is 6.34. The standard InChI is InChI=1S/C18H21N3O2S/c1-23-15-6-3-5-14(13-15)20-9-11-21(12-10-20)18(22)16-7-4-8-19-17(16)24-2/h3-8,13H,9-12H2,1-2H3. The van der Waals surface area contributed by atoms with Crippen LogP contribution in [0, 0.1) is 0 Å². The van der Waals surface area contributed by atoms with E-state index in [1.165, 1.54) is 11.8 Å². The average Bonchev–Trinajstić information content (AvgIpc) is 2.67. The normalized spacial score (nSPS) is 14.6. The molecule has 0 saturated carbocycles. The van der Waals surface area contributed by atoms with Gasteiger partial charge in [0.2, 0.25) is 0 Å². The van der Waals surface area contributed by atoms with Crippen LogP contribution in [0.5, 0.6) is 5.75 Å². The first-order valence-corrected chi connectivity index (χ1v) is 9.12. The number of methoxy groups -OCH3 is 1. The maximum absolute atomic E-state index is 12.8. The fourth-order valence-corrected chi connectivity index (χ4v) is 3.40. The van der Waals surface area contributed by atoms with Crippen molar-refractivity contribution in [3.8, 4) is 5.75 Å². The van der Waals surface area contributed by atoms with E-state index in [0.717, 1.165) is 29.6 Å². The second-order valence-electron chi connectivity index (χ2n) is 5.54. The molecular weight excluding hydrogens is 322 g/mol. The topological polar surface area (TPSA) is 45.7 Å². The van der Waals surface area contributed by atoms with Gasteiger partial charge in [0.1, 0.15) is 10.8 Å². The highest BCUT2D eigenvalue weighted by Crippen LogP contribution is 2.23. The molecule has 1 aliphatic heterocycles. The minimum absolute atomic E-state index is 0.0674. The third-order valence-electron chi connectivity index (χ3n) is 4.18. The lowest BCUT2D eigenvalue weighted by atomic mass is 10.2. The summed E-state index contributed by atoms with van der Waals surface area (Å²) in [7, 11) is 1.67. The number of hydrogen-bond acceptors (Lipinski definition) is 5. The highest BCUT2D eigenvalue weighted by Gasteiger charge is 2.24. The van der Waals surface area contributed by atoms with Crippen LogP contribution in [0.15, 0.2) is 47.6 Å². The number of piperazine rings is 1. The Bertz CT molecular complexity index is 715. The van der Waals surface area contributed by atoms with Crippen molar-refractivity contribution in [3.05, 3.63) is 48.2 Å². The smallest absolute Gasteiger partial charge is 0.256 e. The van der Waals surface area contributed by atoms with Gasteiger partial charge in [0.25, 0.3) is 5.91 Å². The first kappa shape index (κ1) is 16.6. The van der Waals surface area contributed by atoms with E-state index in [-0.39, 0.29) is 5.91 Å². The molecule has 2 heterocycles. The molecule has 2 aromatic rings. The van der Waals surface area contributed by atoms with Crippen LogP contribution in [0.1, 0.15) is 10.4 Å². The summed E-state index contributed by atoms with van der Waals surface area (Å²) in [5.74, 6) is 0.920. The summed E-state index contributed by atoms with van der Waals surface area (Å²) in [4.78, 5) is 21.2. The summed E-state index contributed by atoms with van der Waals surface area (Å²) >= 11 is 1.51. The van der Waals surface area contributed by atoms with Gasteiger partial charge in [-0.15, -0.1) is 11.8 Å². The highest BCUT2D eigenvalue weighted by atomic mass is 32.2. The zero-order valence-electron chi connectivity index (χ0n) is 13.9. The summed E-state index contributed by atoms with van der Waals surface area (Å²) in [6.07, 6.45) is 3.67. The molecule has 126 valence electrons. The van der Waals surface area contributed by atoms with Crippen molar-refractivity contribution in [2.45, 2.75) is 5.03 Å². The van der Waals surface area contributed by atoms with Gasteiger partial charge in [0.05, 0.1) is 12.7 Å². The van der Waals surface area contributed by atoms with E-state index in [9.17, 15) is 4.79 Å². The zero-order chi connectivity index (χ0) is 16.9. The number of carbonyl (C=O) groups is 1. The molecule has 3 rings (SSSR count). The van der Waals surface area contributed by atoms with Gasteiger partial charge < -0.3 is 14.5 Å². The number of nitrogens with zero attached hydrogens (tertiary/aromatic N) is 3. The number of anilines is 1. The van der Waals surface area contributed by atoms with Crippen LogP contribution in [-0.4, -0.2) is 55.3 Å². The number of pyridine rings is 1. The van der Waals surface area contributed by atoms with Crippen molar-refractivity contribution >= 4 is 23.4 Å². The molecule has 0 aliphatic carbocycles. The Hall–Kier alpha value is -2.21. The van der Waals surface area contributed by atoms with E-state index in [0.29, 0.717) is 18.7 Å². The molecule has 1 aromatic heterocycles. The molecule has 0 spiro atoms. The minimum atomic E-state index is 0.0674. The predicted molar refractivity (Wildman–Crippen MR) is 97.1 cm³/mol. The van der Waals surface area contributed by atoms with Crippen LogP contribution in [0.25, 0.3) is 0 Å². The fraction of sp³-hybridized carbons (Fsp3) is 0.333. The van der Waals surface area contributed by atoms with Gasteiger partial charge in [-0.3, -0.25) is 4.79 Å². The number of benzene rings is 1. The average molecular weight is 343 g/mol. The quantitative estimate of drug-likeness (QED) is 0.799. The lowest BCUT2D eigenvalue weighted by molar-refractivity contribution is 0.0742. The number of aromatic nitrogens is 1. The molecule has 0 atom stereocenters. The Morgan fingerprint density at radius 3 is 2.67 bits per heavy atom. The number of amides is 1. The van der Waals surface area contributed by atoms with E-state index >= 15 is 0 Å². The monoisotopic (exact) mass is 343 g/mol. The first-order valence-electron chi connectivity index (χ1n) is 7.90. The van der Waals surface area contributed by atoms with Crippen LogP contribution >= 0.6 is 11.8 Å². The van der Waals surface area contributed by atoms with Crippen molar-refractivity contribution in [1.82, 2.24) is 9.88 Å². The Morgan fingerprint density at radius 2 is 1.96 bits per heavy atom. The molecule has 1 saturated heterocycles. The molecule has 1 aromatic carbocycles. The van der Waals surface area contributed by atoms with E-state index in [1.54, 1.807) is 13.3 Å². The molecule has 0 N–H and O–H groups in total. The molecule has 0 radical (unpaired) electrons. The summed E-state index contributed by atoms with van der Waals surface area (Å²) in [6.45, 7) is 3.04. The van der Waals surface area contributed by atoms with Gasteiger partial charge in [0.15, 0.2) is 0 Å².